The van der Waals surface area contributed by atoms with Crippen molar-refractivity contribution < 1.29 is 0 Å². The van der Waals surface area contributed by atoms with Gasteiger partial charge in [-0.25, -0.2) is 0 Å². The van der Waals surface area contributed by atoms with Crippen LogP contribution in [0.15, 0.2) is 4.99 Å². The molecule has 0 radical (unpaired) electrons. The SMILES string of the molecule is CC(N=C(N)C1CCCCC1)C1CC1. The summed E-state index contributed by atoms with van der Waals surface area (Å²) in [5.74, 6) is 2.39. The summed E-state index contributed by atoms with van der Waals surface area (Å²) in [5.41, 5.74) is 6.06. The average molecular weight is 194 g/mol. The topological polar surface area (TPSA) is 38.4 Å². The molecule has 2 rings (SSSR count). The van der Waals surface area contributed by atoms with Gasteiger partial charge >= 0.3 is 0 Å². The molecule has 2 saturated carbocycles. The van der Waals surface area contributed by atoms with Crippen molar-refractivity contribution in [3.8, 4) is 0 Å². The van der Waals surface area contributed by atoms with Crippen molar-refractivity contribution in [2.24, 2.45) is 22.6 Å². The molecule has 0 aromatic heterocycles. The second-order valence-electron chi connectivity index (χ2n) is 4.97. The molecule has 0 heterocycles. The van der Waals surface area contributed by atoms with E-state index in [9.17, 15) is 0 Å². The quantitative estimate of drug-likeness (QED) is 0.544. The fourth-order valence-electron chi connectivity index (χ4n) is 2.42. The van der Waals surface area contributed by atoms with E-state index in [2.05, 4.69) is 11.9 Å². The third-order valence-electron chi connectivity index (χ3n) is 3.68. The van der Waals surface area contributed by atoms with Gasteiger partial charge in [0.2, 0.25) is 0 Å². The third-order valence-corrected chi connectivity index (χ3v) is 3.68. The number of rotatable bonds is 3. The van der Waals surface area contributed by atoms with E-state index < -0.39 is 0 Å². The number of nitrogens with two attached hydrogens (primary N) is 1. The summed E-state index contributed by atoms with van der Waals surface area (Å²) >= 11 is 0. The molecule has 2 heteroatoms. The normalized spacial score (nSPS) is 27.6. The largest absolute Gasteiger partial charge is 0.387 e. The van der Waals surface area contributed by atoms with Gasteiger partial charge in [0.1, 0.15) is 0 Å². The number of amidine groups is 1. The first-order valence-corrected chi connectivity index (χ1v) is 6.10. The molecule has 2 aliphatic rings. The maximum atomic E-state index is 6.06. The molecular weight excluding hydrogens is 172 g/mol. The van der Waals surface area contributed by atoms with Gasteiger partial charge in [0.25, 0.3) is 0 Å². The highest BCUT2D eigenvalue weighted by Crippen LogP contribution is 2.34. The van der Waals surface area contributed by atoms with Crippen molar-refractivity contribution in [2.45, 2.75) is 57.9 Å². The standard InChI is InChI=1S/C12H22N2/c1-9(10-7-8-10)14-12(13)11-5-3-2-4-6-11/h9-11H,2-8H2,1H3,(H2,13,14). The lowest BCUT2D eigenvalue weighted by Crippen LogP contribution is -2.27. The van der Waals surface area contributed by atoms with E-state index >= 15 is 0 Å². The molecule has 0 amide bonds. The summed E-state index contributed by atoms with van der Waals surface area (Å²) in [7, 11) is 0. The minimum Gasteiger partial charge on any atom is -0.387 e. The Kier molecular flexibility index (Phi) is 3.09. The first kappa shape index (κ1) is 10.0. The predicted octanol–water partition coefficient (Wildman–Crippen LogP) is 2.72. The molecule has 0 aliphatic heterocycles. The summed E-state index contributed by atoms with van der Waals surface area (Å²) < 4.78 is 0. The maximum absolute atomic E-state index is 6.06. The lowest BCUT2D eigenvalue weighted by molar-refractivity contribution is 0.434. The highest BCUT2D eigenvalue weighted by atomic mass is 14.9. The first-order valence-electron chi connectivity index (χ1n) is 6.10. The molecule has 80 valence electrons. The van der Waals surface area contributed by atoms with Crippen molar-refractivity contribution in [1.82, 2.24) is 0 Å². The second kappa shape index (κ2) is 4.33. The Morgan fingerprint density at radius 2 is 1.79 bits per heavy atom. The molecule has 0 spiro atoms. The molecule has 0 aromatic rings. The molecule has 2 nitrogen and oxygen atoms in total. The Bertz CT molecular complexity index is 212. The Labute approximate surface area is 87.0 Å². The van der Waals surface area contributed by atoms with Gasteiger partial charge in [0.15, 0.2) is 0 Å². The second-order valence-corrected chi connectivity index (χ2v) is 4.97. The van der Waals surface area contributed by atoms with Crippen molar-refractivity contribution in [3.63, 3.8) is 0 Å². The van der Waals surface area contributed by atoms with Crippen LogP contribution in [-0.2, 0) is 0 Å². The molecule has 0 aromatic carbocycles. The van der Waals surface area contributed by atoms with Crippen LogP contribution >= 0.6 is 0 Å². The molecule has 14 heavy (non-hydrogen) atoms. The zero-order chi connectivity index (χ0) is 9.97. The van der Waals surface area contributed by atoms with E-state index in [1.54, 1.807) is 0 Å². The summed E-state index contributed by atoms with van der Waals surface area (Å²) in [6.45, 7) is 2.22. The fourth-order valence-corrected chi connectivity index (χ4v) is 2.42. The van der Waals surface area contributed by atoms with Crippen LogP contribution < -0.4 is 5.73 Å². The molecule has 2 aliphatic carbocycles. The molecule has 1 unspecified atom stereocenters. The van der Waals surface area contributed by atoms with Crippen molar-refractivity contribution in [2.75, 3.05) is 0 Å². The highest BCUT2D eigenvalue weighted by Gasteiger charge is 2.28. The van der Waals surface area contributed by atoms with Crippen LogP contribution in [0, 0.1) is 11.8 Å². The number of nitrogens with zero attached hydrogens (tertiary/aromatic N) is 1. The van der Waals surface area contributed by atoms with Gasteiger partial charge in [0, 0.05) is 5.92 Å². The van der Waals surface area contributed by atoms with Gasteiger partial charge in [-0.15, -0.1) is 0 Å². The summed E-state index contributed by atoms with van der Waals surface area (Å²) in [5, 5.41) is 0. The first-order chi connectivity index (χ1) is 6.77. The van der Waals surface area contributed by atoms with Crippen molar-refractivity contribution >= 4 is 5.84 Å². The van der Waals surface area contributed by atoms with E-state index in [-0.39, 0.29) is 0 Å². The van der Waals surface area contributed by atoms with Gasteiger partial charge in [-0.1, -0.05) is 19.3 Å². The van der Waals surface area contributed by atoms with E-state index in [1.165, 1.54) is 44.9 Å². The summed E-state index contributed by atoms with van der Waals surface area (Å²) in [4.78, 5) is 4.66. The zero-order valence-electron chi connectivity index (χ0n) is 9.21. The van der Waals surface area contributed by atoms with Gasteiger partial charge < -0.3 is 5.73 Å². The Balaban J connectivity index is 1.87. The third kappa shape index (κ3) is 2.49. The van der Waals surface area contributed by atoms with E-state index in [0.29, 0.717) is 12.0 Å². The Morgan fingerprint density at radius 3 is 2.36 bits per heavy atom. The van der Waals surface area contributed by atoms with Crippen molar-refractivity contribution in [3.05, 3.63) is 0 Å². The van der Waals surface area contributed by atoms with Gasteiger partial charge in [-0.3, -0.25) is 4.99 Å². The van der Waals surface area contributed by atoms with Crippen molar-refractivity contribution in [1.29, 1.82) is 0 Å². The molecular formula is C12H22N2. The Morgan fingerprint density at radius 1 is 1.14 bits per heavy atom. The van der Waals surface area contributed by atoms with Crippen LogP contribution in [0.4, 0.5) is 0 Å². The molecule has 0 bridgehead atoms. The summed E-state index contributed by atoms with van der Waals surface area (Å²) in [6, 6.07) is 0.483. The number of aliphatic imine (C=N–C) groups is 1. The lowest BCUT2D eigenvalue weighted by Gasteiger charge is -2.21. The smallest absolute Gasteiger partial charge is 0.0971 e. The minimum atomic E-state index is 0.483. The van der Waals surface area contributed by atoms with Crippen LogP contribution in [0.2, 0.25) is 0 Å². The highest BCUT2D eigenvalue weighted by molar-refractivity contribution is 5.83. The predicted molar refractivity (Wildman–Crippen MR) is 60.4 cm³/mol. The van der Waals surface area contributed by atoms with Crippen LogP contribution in [0.5, 0.6) is 0 Å². The molecule has 2 N–H and O–H groups in total. The maximum Gasteiger partial charge on any atom is 0.0971 e. The molecule has 0 saturated heterocycles. The number of hydrogen-bond donors (Lipinski definition) is 1. The van der Waals surface area contributed by atoms with E-state index in [0.717, 1.165) is 11.8 Å². The van der Waals surface area contributed by atoms with Crippen LogP contribution in [0.25, 0.3) is 0 Å². The van der Waals surface area contributed by atoms with Crippen LogP contribution in [-0.4, -0.2) is 11.9 Å². The average Bonchev–Trinajstić information content (AvgIpc) is 3.02. The van der Waals surface area contributed by atoms with E-state index in [1.807, 2.05) is 0 Å². The fraction of sp³-hybridized carbons (Fsp3) is 0.917. The molecule has 2 fully saturated rings. The number of hydrogen-bond acceptors (Lipinski definition) is 1. The molecule has 1 atom stereocenters. The van der Waals surface area contributed by atoms with Gasteiger partial charge in [-0.05, 0) is 38.5 Å². The Hall–Kier alpha value is -0.530. The summed E-state index contributed by atoms with van der Waals surface area (Å²) in [6.07, 6.45) is 9.35. The van der Waals surface area contributed by atoms with Gasteiger partial charge in [-0.2, -0.15) is 0 Å². The van der Waals surface area contributed by atoms with Crippen LogP contribution in [0.1, 0.15) is 51.9 Å². The monoisotopic (exact) mass is 194 g/mol. The lowest BCUT2D eigenvalue weighted by atomic mass is 9.88. The zero-order valence-corrected chi connectivity index (χ0v) is 9.21. The van der Waals surface area contributed by atoms with Gasteiger partial charge in [0.05, 0.1) is 11.9 Å². The minimum absolute atomic E-state index is 0.483. The van der Waals surface area contributed by atoms with Crippen LogP contribution in [0.3, 0.4) is 0 Å². The van der Waals surface area contributed by atoms with E-state index in [4.69, 9.17) is 5.73 Å².